The van der Waals surface area contributed by atoms with Crippen LogP contribution in [-0.2, 0) is 9.47 Å². The minimum absolute atomic E-state index is 0.665. The van der Waals surface area contributed by atoms with Crippen molar-refractivity contribution in [2.75, 3.05) is 26.1 Å². The van der Waals surface area contributed by atoms with Crippen LogP contribution in [0.4, 0.5) is 0 Å². The third-order valence-electron chi connectivity index (χ3n) is 2.75. The molecule has 2 aromatic carbocycles. The summed E-state index contributed by atoms with van der Waals surface area (Å²) in [5.41, 5.74) is 2.03. The van der Waals surface area contributed by atoms with E-state index in [1.165, 1.54) is 9.79 Å². The third-order valence-corrected chi connectivity index (χ3v) is 4.66. The van der Waals surface area contributed by atoms with Crippen molar-refractivity contribution in [3.63, 3.8) is 0 Å². The van der Waals surface area contributed by atoms with Gasteiger partial charge in [0, 0.05) is 35.1 Å². The van der Waals surface area contributed by atoms with Crippen LogP contribution in [0.1, 0.15) is 11.1 Å². The molecular weight excluding hydrogens is 312 g/mol. The number of hydrogen-bond acceptors (Lipinski definition) is 4. The molecule has 2 nitrogen and oxygen atoms in total. The number of hydrogen-bond donors (Lipinski definition) is 0. The Morgan fingerprint density at radius 3 is 1.36 bits per heavy atom. The normalized spacial score (nSPS) is 10.1. The molecule has 114 valence electrons. The van der Waals surface area contributed by atoms with E-state index in [0.29, 0.717) is 11.9 Å². The fraction of sp³-hybridized carbons (Fsp3) is 0.222. The molecule has 2 rings (SSSR count). The van der Waals surface area contributed by atoms with E-state index in [1.807, 2.05) is 24.3 Å². The number of ether oxygens (including phenoxy) is 2. The molecule has 0 aliphatic carbocycles. The first-order valence-electron chi connectivity index (χ1n) is 6.77. The molecule has 0 aliphatic rings. The Hall–Kier alpha value is -1.38. The molecular formula is C18H18O2S2. The zero-order valence-corrected chi connectivity index (χ0v) is 14.3. The summed E-state index contributed by atoms with van der Waals surface area (Å²) in [5.74, 6) is 7.70. The second-order valence-corrected chi connectivity index (χ2v) is 6.39. The van der Waals surface area contributed by atoms with Gasteiger partial charge >= 0.3 is 0 Å². The zero-order valence-electron chi connectivity index (χ0n) is 12.7. The smallest absolute Gasteiger partial charge is 0.0963 e. The maximum Gasteiger partial charge on any atom is 0.0963 e. The maximum absolute atomic E-state index is 5.04. The summed E-state index contributed by atoms with van der Waals surface area (Å²) in [5, 5.41) is 0. The molecule has 0 aromatic heterocycles. The lowest BCUT2D eigenvalue weighted by molar-refractivity contribution is 0.259. The summed E-state index contributed by atoms with van der Waals surface area (Å²) in [4.78, 5) is 2.37. The minimum atomic E-state index is 0.665. The summed E-state index contributed by atoms with van der Waals surface area (Å²) in [7, 11) is 3.40. The average molecular weight is 330 g/mol. The number of benzene rings is 2. The SMILES string of the molecule is COCSc1ccc(C#Cc2ccc(SCOC)cc2)cc1. The molecule has 0 fully saturated rings. The topological polar surface area (TPSA) is 18.5 Å². The highest BCUT2D eigenvalue weighted by molar-refractivity contribution is 7.99. The van der Waals surface area contributed by atoms with Crippen LogP contribution >= 0.6 is 23.5 Å². The fourth-order valence-corrected chi connectivity index (χ4v) is 2.83. The number of thioether (sulfide) groups is 2. The first kappa shape index (κ1) is 17.0. The molecule has 0 spiro atoms. The molecule has 0 heterocycles. The molecule has 0 N–H and O–H groups in total. The van der Waals surface area contributed by atoms with E-state index in [1.54, 1.807) is 37.7 Å². The van der Waals surface area contributed by atoms with Crippen LogP contribution in [0.15, 0.2) is 58.3 Å². The van der Waals surface area contributed by atoms with Crippen molar-refractivity contribution in [1.29, 1.82) is 0 Å². The van der Waals surface area contributed by atoms with E-state index in [-0.39, 0.29) is 0 Å². The van der Waals surface area contributed by atoms with Gasteiger partial charge in [-0.3, -0.25) is 0 Å². The molecule has 22 heavy (non-hydrogen) atoms. The fourth-order valence-electron chi connectivity index (χ4n) is 1.67. The van der Waals surface area contributed by atoms with E-state index in [0.717, 1.165) is 11.1 Å². The molecule has 0 radical (unpaired) electrons. The molecule has 0 amide bonds. The Morgan fingerprint density at radius 1 is 0.682 bits per heavy atom. The van der Waals surface area contributed by atoms with E-state index in [4.69, 9.17) is 9.47 Å². The van der Waals surface area contributed by atoms with Gasteiger partial charge < -0.3 is 9.47 Å². The second kappa shape index (κ2) is 9.60. The Bertz CT molecular complexity index is 569. The third kappa shape index (κ3) is 5.78. The van der Waals surface area contributed by atoms with Gasteiger partial charge in [-0.15, -0.1) is 0 Å². The lowest BCUT2D eigenvalue weighted by atomic mass is 10.2. The van der Waals surface area contributed by atoms with Gasteiger partial charge in [0.05, 0.1) is 11.9 Å². The van der Waals surface area contributed by atoms with Crippen LogP contribution in [0.25, 0.3) is 0 Å². The van der Waals surface area contributed by atoms with Crippen molar-refractivity contribution >= 4 is 23.5 Å². The second-order valence-electron chi connectivity index (χ2n) is 4.40. The predicted octanol–water partition coefficient (Wildman–Crippen LogP) is 4.48. The summed E-state index contributed by atoms with van der Waals surface area (Å²) in [6, 6.07) is 16.4. The molecule has 0 unspecified atom stereocenters. The Morgan fingerprint density at radius 2 is 1.05 bits per heavy atom. The Labute approximate surface area is 140 Å². The minimum Gasteiger partial charge on any atom is -0.374 e. The van der Waals surface area contributed by atoms with E-state index in [9.17, 15) is 0 Å². The van der Waals surface area contributed by atoms with Crippen LogP contribution in [0.3, 0.4) is 0 Å². The van der Waals surface area contributed by atoms with Crippen LogP contribution in [0, 0.1) is 11.8 Å². The highest BCUT2D eigenvalue weighted by Gasteiger charge is 1.95. The number of methoxy groups -OCH3 is 2. The first-order chi connectivity index (χ1) is 10.8. The summed E-state index contributed by atoms with van der Waals surface area (Å²) in [6.07, 6.45) is 0. The first-order valence-corrected chi connectivity index (χ1v) is 8.74. The van der Waals surface area contributed by atoms with Crippen LogP contribution in [-0.4, -0.2) is 26.1 Å². The quantitative estimate of drug-likeness (QED) is 0.441. The van der Waals surface area contributed by atoms with Crippen molar-refractivity contribution in [3.05, 3.63) is 59.7 Å². The Balaban J connectivity index is 1.97. The van der Waals surface area contributed by atoms with Crippen molar-refractivity contribution in [2.24, 2.45) is 0 Å². The van der Waals surface area contributed by atoms with Crippen molar-refractivity contribution < 1.29 is 9.47 Å². The van der Waals surface area contributed by atoms with Crippen molar-refractivity contribution in [2.45, 2.75) is 9.79 Å². The van der Waals surface area contributed by atoms with Gasteiger partial charge in [0.1, 0.15) is 0 Å². The Kier molecular flexibility index (Phi) is 7.41. The molecule has 0 saturated carbocycles. The zero-order chi connectivity index (χ0) is 15.6. The maximum atomic E-state index is 5.04. The number of rotatable bonds is 6. The lowest BCUT2D eigenvalue weighted by Crippen LogP contribution is -1.82. The van der Waals surface area contributed by atoms with Gasteiger partial charge in [0.25, 0.3) is 0 Å². The van der Waals surface area contributed by atoms with E-state index >= 15 is 0 Å². The van der Waals surface area contributed by atoms with Gasteiger partial charge in [-0.2, -0.15) is 0 Å². The van der Waals surface area contributed by atoms with Gasteiger partial charge in [0.2, 0.25) is 0 Å². The highest BCUT2D eigenvalue weighted by atomic mass is 32.2. The van der Waals surface area contributed by atoms with Crippen molar-refractivity contribution in [3.8, 4) is 11.8 Å². The monoisotopic (exact) mass is 330 g/mol. The van der Waals surface area contributed by atoms with E-state index < -0.39 is 0 Å². The van der Waals surface area contributed by atoms with Crippen LogP contribution in [0.2, 0.25) is 0 Å². The average Bonchev–Trinajstić information content (AvgIpc) is 2.58. The summed E-state index contributed by atoms with van der Waals surface area (Å²) >= 11 is 3.34. The molecule has 0 saturated heterocycles. The molecule has 0 atom stereocenters. The van der Waals surface area contributed by atoms with Gasteiger partial charge in [-0.05, 0) is 48.5 Å². The van der Waals surface area contributed by atoms with Crippen LogP contribution < -0.4 is 0 Å². The molecule has 0 aliphatic heterocycles. The molecule has 2 aromatic rings. The molecule has 0 bridgehead atoms. The van der Waals surface area contributed by atoms with Crippen LogP contribution in [0.5, 0.6) is 0 Å². The van der Waals surface area contributed by atoms with Gasteiger partial charge in [-0.1, -0.05) is 35.4 Å². The lowest BCUT2D eigenvalue weighted by Gasteiger charge is -2.00. The van der Waals surface area contributed by atoms with Crippen molar-refractivity contribution in [1.82, 2.24) is 0 Å². The molecule has 4 heteroatoms. The van der Waals surface area contributed by atoms with Gasteiger partial charge in [-0.25, -0.2) is 0 Å². The summed E-state index contributed by atoms with van der Waals surface area (Å²) in [6.45, 7) is 0. The summed E-state index contributed by atoms with van der Waals surface area (Å²) < 4.78 is 10.1. The largest absolute Gasteiger partial charge is 0.374 e. The van der Waals surface area contributed by atoms with Gasteiger partial charge in [0.15, 0.2) is 0 Å². The van der Waals surface area contributed by atoms with E-state index in [2.05, 4.69) is 36.1 Å². The highest BCUT2D eigenvalue weighted by Crippen LogP contribution is 2.19. The standard InChI is InChI=1S/C18H18O2S2/c1-19-13-21-17-9-5-15(6-10-17)3-4-16-7-11-18(12-8-16)22-14-20-2/h5-12H,13-14H2,1-2H3. The predicted molar refractivity (Wildman–Crippen MR) is 94.3 cm³/mol.